The minimum absolute atomic E-state index is 0.0197. The second-order valence-electron chi connectivity index (χ2n) is 6.31. The average molecular weight is 368 g/mol. The standard InChI is InChI=1S/C19H17FN4O3/c20-15-6-1-7-16(10-15)26-19-22-17(27-23-19)14-5-3-9-24(12-14)18(25)13-4-2-8-21-11-13/h1-2,4,6-8,10-11,14H,3,5,9,12H2/t14-/m0/s1. The largest absolute Gasteiger partial charge is 0.422 e. The van der Waals surface area contributed by atoms with Gasteiger partial charge in [0.1, 0.15) is 11.6 Å². The predicted molar refractivity (Wildman–Crippen MR) is 92.9 cm³/mol. The Morgan fingerprint density at radius 2 is 2.22 bits per heavy atom. The number of rotatable bonds is 4. The van der Waals surface area contributed by atoms with Gasteiger partial charge in [-0.25, -0.2) is 4.39 Å². The number of pyridine rings is 1. The molecule has 138 valence electrons. The summed E-state index contributed by atoms with van der Waals surface area (Å²) in [6.07, 6.45) is 4.86. The van der Waals surface area contributed by atoms with Crippen LogP contribution in [0.15, 0.2) is 53.3 Å². The zero-order chi connectivity index (χ0) is 18.6. The monoisotopic (exact) mass is 368 g/mol. The van der Waals surface area contributed by atoms with Crippen LogP contribution < -0.4 is 4.74 Å². The lowest BCUT2D eigenvalue weighted by Gasteiger charge is -2.30. The molecule has 0 aliphatic carbocycles. The van der Waals surface area contributed by atoms with Gasteiger partial charge in [0.15, 0.2) is 0 Å². The fourth-order valence-corrected chi connectivity index (χ4v) is 3.10. The molecule has 0 radical (unpaired) electrons. The van der Waals surface area contributed by atoms with Crippen molar-refractivity contribution >= 4 is 5.91 Å². The quantitative estimate of drug-likeness (QED) is 0.702. The minimum Gasteiger partial charge on any atom is -0.422 e. The smallest absolute Gasteiger partial charge is 0.359 e. The lowest BCUT2D eigenvalue weighted by molar-refractivity contribution is 0.0695. The number of amides is 1. The summed E-state index contributed by atoms with van der Waals surface area (Å²) in [5.41, 5.74) is 0.554. The maximum atomic E-state index is 13.2. The van der Waals surface area contributed by atoms with Crippen LogP contribution in [0.3, 0.4) is 0 Å². The molecule has 1 fully saturated rings. The molecular weight excluding hydrogens is 351 g/mol. The summed E-state index contributed by atoms with van der Waals surface area (Å²) in [7, 11) is 0. The molecule has 2 aromatic heterocycles. The van der Waals surface area contributed by atoms with Crippen LogP contribution in [0.2, 0.25) is 0 Å². The van der Waals surface area contributed by atoms with Crippen LogP contribution in [0.4, 0.5) is 4.39 Å². The molecular formula is C19H17FN4O3. The molecule has 7 nitrogen and oxygen atoms in total. The molecule has 1 aliphatic heterocycles. The average Bonchev–Trinajstić information content (AvgIpc) is 3.17. The topological polar surface area (TPSA) is 81.4 Å². The molecule has 0 bridgehead atoms. The first kappa shape index (κ1) is 17.1. The van der Waals surface area contributed by atoms with E-state index in [9.17, 15) is 9.18 Å². The summed E-state index contributed by atoms with van der Waals surface area (Å²) in [5, 5.41) is 3.80. The van der Waals surface area contributed by atoms with Crippen molar-refractivity contribution in [3.05, 3.63) is 66.1 Å². The van der Waals surface area contributed by atoms with E-state index in [1.165, 1.54) is 18.2 Å². The Kier molecular flexibility index (Phi) is 4.78. The Morgan fingerprint density at radius 1 is 1.30 bits per heavy atom. The van der Waals surface area contributed by atoms with E-state index in [0.29, 0.717) is 30.3 Å². The highest BCUT2D eigenvalue weighted by molar-refractivity contribution is 5.93. The molecule has 8 heteroatoms. The van der Waals surface area contributed by atoms with Gasteiger partial charge in [-0.15, -0.1) is 0 Å². The number of piperidine rings is 1. The highest BCUT2D eigenvalue weighted by Gasteiger charge is 2.29. The fourth-order valence-electron chi connectivity index (χ4n) is 3.10. The number of likely N-dealkylation sites (tertiary alicyclic amines) is 1. The molecule has 0 saturated carbocycles. The number of carbonyl (C=O) groups is 1. The number of halogens is 1. The van der Waals surface area contributed by atoms with Crippen molar-refractivity contribution in [1.29, 1.82) is 0 Å². The lowest BCUT2D eigenvalue weighted by Crippen LogP contribution is -2.39. The number of ether oxygens (including phenoxy) is 1. The molecule has 0 N–H and O–H groups in total. The first-order chi connectivity index (χ1) is 13.2. The van der Waals surface area contributed by atoms with Gasteiger partial charge in [-0.1, -0.05) is 6.07 Å². The molecule has 1 atom stereocenters. The number of hydrogen-bond donors (Lipinski definition) is 0. The van der Waals surface area contributed by atoms with Crippen molar-refractivity contribution in [2.24, 2.45) is 0 Å². The minimum atomic E-state index is -0.409. The third kappa shape index (κ3) is 3.94. The molecule has 3 aromatic rings. The number of hydrogen-bond acceptors (Lipinski definition) is 6. The third-order valence-corrected chi connectivity index (χ3v) is 4.39. The van der Waals surface area contributed by atoms with Crippen molar-refractivity contribution in [2.75, 3.05) is 13.1 Å². The van der Waals surface area contributed by atoms with E-state index in [-0.39, 0.29) is 17.8 Å². The van der Waals surface area contributed by atoms with Crippen molar-refractivity contribution in [3.8, 4) is 11.8 Å². The highest BCUT2D eigenvalue weighted by Crippen LogP contribution is 2.28. The summed E-state index contributed by atoms with van der Waals surface area (Å²) in [4.78, 5) is 22.6. The van der Waals surface area contributed by atoms with Gasteiger partial charge < -0.3 is 14.2 Å². The molecule has 1 saturated heterocycles. The van der Waals surface area contributed by atoms with E-state index in [1.54, 1.807) is 35.5 Å². The Balaban J connectivity index is 1.44. The van der Waals surface area contributed by atoms with E-state index < -0.39 is 5.82 Å². The van der Waals surface area contributed by atoms with Gasteiger partial charge in [-0.2, -0.15) is 4.98 Å². The molecule has 4 rings (SSSR count). The molecule has 0 spiro atoms. The van der Waals surface area contributed by atoms with Crippen molar-refractivity contribution < 1.29 is 18.4 Å². The van der Waals surface area contributed by atoms with Crippen LogP contribution in [0.5, 0.6) is 11.8 Å². The van der Waals surface area contributed by atoms with E-state index >= 15 is 0 Å². The maximum Gasteiger partial charge on any atom is 0.359 e. The lowest BCUT2D eigenvalue weighted by atomic mass is 9.97. The fraction of sp³-hybridized carbons (Fsp3) is 0.263. The Labute approximate surface area is 154 Å². The first-order valence-electron chi connectivity index (χ1n) is 8.65. The zero-order valence-electron chi connectivity index (χ0n) is 14.4. The van der Waals surface area contributed by atoms with Crippen LogP contribution in [-0.4, -0.2) is 39.0 Å². The van der Waals surface area contributed by atoms with Gasteiger partial charge >= 0.3 is 6.01 Å². The number of carbonyl (C=O) groups excluding carboxylic acids is 1. The highest BCUT2D eigenvalue weighted by atomic mass is 19.1. The van der Waals surface area contributed by atoms with Gasteiger partial charge in [0.2, 0.25) is 5.89 Å². The second kappa shape index (κ2) is 7.53. The van der Waals surface area contributed by atoms with Crippen molar-refractivity contribution in [2.45, 2.75) is 18.8 Å². The number of aromatic nitrogens is 3. The van der Waals surface area contributed by atoms with Gasteiger partial charge in [0.25, 0.3) is 5.91 Å². The van der Waals surface area contributed by atoms with E-state index in [1.807, 2.05) is 0 Å². The number of benzene rings is 1. The number of nitrogens with zero attached hydrogens (tertiary/aromatic N) is 4. The molecule has 1 amide bonds. The Bertz CT molecular complexity index is 931. The molecule has 0 unspecified atom stereocenters. The van der Waals surface area contributed by atoms with E-state index in [4.69, 9.17) is 9.26 Å². The zero-order valence-corrected chi connectivity index (χ0v) is 14.4. The van der Waals surface area contributed by atoms with Crippen molar-refractivity contribution in [1.82, 2.24) is 20.0 Å². The van der Waals surface area contributed by atoms with Crippen LogP contribution in [0.1, 0.15) is 35.0 Å². The van der Waals surface area contributed by atoms with Crippen LogP contribution in [0.25, 0.3) is 0 Å². The SMILES string of the molecule is O=C(c1cccnc1)N1CCC[C@H](c2nc(Oc3cccc(F)c3)no2)C1. The van der Waals surface area contributed by atoms with Gasteiger partial charge in [-0.05, 0) is 42.3 Å². The maximum absolute atomic E-state index is 13.2. The van der Waals surface area contributed by atoms with Crippen LogP contribution >= 0.6 is 0 Å². The molecule has 1 aromatic carbocycles. The van der Waals surface area contributed by atoms with Crippen molar-refractivity contribution in [3.63, 3.8) is 0 Å². The molecule has 3 heterocycles. The van der Waals surface area contributed by atoms with Gasteiger partial charge in [-0.3, -0.25) is 9.78 Å². The third-order valence-electron chi connectivity index (χ3n) is 4.39. The van der Waals surface area contributed by atoms with E-state index in [2.05, 4.69) is 15.1 Å². The summed E-state index contributed by atoms with van der Waals surface area (Å²) in [5.74, 6) is 0.151. The van der Waals surface area contributed by atoms with E-state index in [0.717, 1.165) is 12.8 Å². The Morgan fingerprint density at radius 3 is 3.04 bits per heavy atom. The Hall–Kier alpha value is -3.29. The van der Waals surface area contributed by atoms with Crippen LogP contribution in [-0.2, 0) is 0 Å². The summed E-state index contributed by atoms with van der Waals surface area (Å²) in [6.45, 7) is 1.15. The molecule has 1 aliphatic rings. The van der Waals surface area contributed by atoms with Crippen LogP contribution in [0, 0.1) is 5.82 Å². The molecule has 27 heavy (non-hydrogen) atoms. The summed E-state index contributed by atoms with van der Waals surface area (Å²) in [6, 6.07) is 9.21. The normalized spacial score (nSPS) is 16.9. The van der Waals surface area contributed by atoms with Gasteiger partial charge in [0.05, 0.1) is 11.5 Å². The predicted octanol–water partition coefficient (Wildman–Crippen LogP) is 3.42. The summed E-state index contributed by atoms with van der Waals surface area (Å²) >= 11 is 0. The summed E-state index contributed by atoms with van der Waals surface area (Å²) < 4.78 is 24.0. The van der Waals surface area contributed by atoms with Gasteiger partial charge in [0, 0.05) is 31.5 Å². The first-order valence-corrected chi connectivity index (χ1v) is 8.65. The second-order valence-corrected chi connectivity index (χ2v) is 6.31.